The molecule has 3 atom stereocenters. The van der Waals surface area contributed by atoms with Gasteiger partial charge in [-0.2, -0.15) is 26.3 Å². The number of hydrogen-bond donors (Lipinski definition) is 1. The van der Waals surface area contributed by atoms with Crippen molar-refractivity contribution in [2.45, 2.75) is 44.0 Å². The fourth-order valence-corrected chi connectivity index (χ4v) is 3.74. The Labute approximate surface area is 185 Å². The van der Waals surface area contributed by atoms with Crippen LogP contribution in [0.2, 0.25) is 0 Å². The number of benzene rings is 2. The highest BCUT2D eigenvalue weighted by atomic mass is 19.4. The zero-order chi connectivity index (χ0) is 24.6. The predicted octanol–water partition coefficient (Wildman–Crippen LogP) is 4.94. The van der Waals surface area contributed by atoms with Gasteiger partial charge >= 0.3 is 12.4 Å². The Morgan fingerprint density at radius 1 is 0.970 bits per heavy atom. The number of likely N-dealkylation sites (N-methyl/N-ethyl adjacent to an activating group) is 1. The molecule has 1 N–H and O–H groups in total. The first-order valence-corrected chi connectivity index (χ1v) is 9.91. The molecule has 0 radical (unpaired) electrons. The number of carbonyl (C=O) groups excluding carboxylic acids is 1. The fourth-order valence-electron chi connectivity index (χ4n) is 3.74. The molecule has 1 unspecified atom stereocenters. The first-order valence-electron chi connectivity index (χ1n) is 9.91. The van der Waals surface area contributed by atoms with Crippen LogP contribution in [-0.4, -0.2) is 36.5 Å². The summed E-state index contributed by atoms with van der Waals surface area (Å²) in [5.41, 5.74) is -2.52. The van der Waals surface area contributed by atoms with Gasteiger partial charge in [0.05, 0.1) is 42.5 Å². The van der Waals surface area contributed by atoms with E-state index < -0.39 is 54.0 Å². The number of nitrogens with zero attached hydrogens (tertiary/aromatic N) is 1. The first kappa shape index (κ1) is 25.0. The molecule has 2 aromatic carbocycles. The van der Waals surface area contributed by atoms with Crippen molar-refractivity contribution in [2.75, 3.05) is 13.7 Å². The Kier molecular flexibility index (Phi) is 7.04. The minimum atomic E-state index is -4.96. The van der Waals surface area contributed by atoms with Crippen LogP contribution in [0.3, 0.4) is 0 Å². The number of amides is 1. The topological polar surface area (TPSA) is 41.6 Å². The summed E-state index contributed by atoms with van der Waals surface area (Å²) in [4.78, 5) is 13.8. The van der Waals surface area contributed by atoms with Gasteiger partial charge < -0.3 is 9.64 Å². The minimum Gasteiger partial charge on any atom is -0.375 e. The van der Waals surface area contributed by atoms with Crippen LogP contribution in [0.5, 0.6) is 0 Å². The predicted molar refractivity (Wildman–Crippen MR) is 104 cm³/mol. The van der Waals surface area contributed by atoms with Crippen LogP contribution in [0.25, 0.3) is 0 Å². The van der Waals surface area contributed by atoms with Gasteiger partial charge in [0, 0.05) is 7.05 Å². The lowest BCUT2D eigenvalue weighted by atomic mass is 9.94. The molecule has 11 heteroatoms. The van der Waals surface area contributed by atoms with Crippen molar-refractivity contribution < 1.29 is 40.3 Å². The van der Waals surface area contributed by atoms with E-state index in [2.05, 4.69) is 5.32 Å². The van der Waals surface area contributed by atoms with E-state index in [1.807, 2.05) is 0 Å². The molecule has 1 saturated heterocycles. The summed E-state index contributed by atoms with van der Waals surface area (Å²) in [6.45, 7) is 0.937. The van der Waals surface area contributed by atoms with Crippen molar-refractivity contribution in [2.24, 2.45) is 0 Å². The summed E-state index contributed by atoms with van der Waals surface area (Å²) >= 11 is 0. The number of rotatable bonds is 5. The van der Waals surface area contributed by atoms with E-state index in [-0.39, 0.29) is 24.1 Å². The summed E-state index contributed by atoms with van der Waals surface area (Å²) in [5, 5.41) is 3.10. The largest absolute Gasteiger partial charge is 0.416 e. The average molecular weight is 478 g/mol. The second-order valence-electron chi connectivity index (χ2n) is 7.86. The highest BCUT2D eigenvalue weighted by molar-refractivity contribution is 5.82. The Morgan fingerprint density at radius 3 is 2.03 bits per heavy atom. The lowest BCUT2D eigenvalue weighted by Gasteiger charge is -2.42. The van der Waals surface area contributed by atoms with Gasteiger partial charge in [0.25, 0.3) is 0 Å². The van der Waals surface area contributed by atoms with Crippen molar-refractivity contribution >= 4 is 5.91 Å². The van der Waals surface area contributed by atoms with Crippen LogP contribution in [0, 0.1) is 5.82 Å². The molecule has 180 valence electrons. The van der Waals surface area contributed by atoms with Gasteiger partial charge in [-0.05, 0) is 48.4 Å². The van der Waals surface area contributed by atoms with Crippen LogP contribution in [0.4, 0.5) is 30.7 Å². The zero-order valence-corrected chi connectivity index (χ0v) is 17.6. The lowest BCUT2D eigenvalue weighted by molar-refractivity contribution is -0.144. The monoisotopic (exact) mass is 478 g/mol. The number of piperazine rings is 1. The van der Waals surface area contributed by atoms with E-state index in [1.54, 1.807) is 6.92 Å². The SMILES string of the molecule is CC1N[C@@H](c2ccc(F)cc2)[C@@H](COCc2cc(C(F)(F)F)cc(C(F)(F)F)c2)N(C)C1=O. The molecular formula is C22H21F7N2O2. The second kappa shape index (κ2) is 9.30. The van der Waals surface area contributed by atoms with Gasteiger partial charge in [0.15, 0.2) is 0 Å². The highest BCUT2D eigenvalue weighted by Crippen LogP contribution is 2.36. The third-order valence-electron chi connectivity index (χ3n) is 5.46. The number of halogens is 7. The molecule has 0 aliphatic carbocycles. The highest BCUT2D eigenvalue weighted by Gasteiger charge is 2.39. The standard InChI is InChI=1S/C22H21F7N2O2/c1-12-20(32)31(2)18(19(30-12)14-3-5-17(23)6-4-14)11-33-10-13-7-15(21(24,25)26)9-16(8-13)22(27,28)29/h3-9,12,18-19,30H,10-11H2,1-2H3/t12?,18-,19+/m1/s1. The summed E-state index contributed by atoms with van der Waals surface area (Å²) in [7, 11) is 1.52. The molecule has 3 rings (SSSR count). The maximum atomic E-state index is 13.3. The number of carbonyl (C=O) groups is 1. The molecule has 1 aliphatic rings. The molecule has 1 amide bonds. The van der Waals surface area contributed by atoms with Gasteiger partial charge in [-0.25, -0.2) is 4.39 Å². The number of hydrogen-bond acceptors (Lipinski definition) is 3. The molecule has 1 heterocycles. The van der Waals surface area contributed by atoms with Crippen LogP contribution >= 0.6 is 0 Å². The van der Waals surface area contributed by atoms with E-state index in [4.69, 9.17) is 4.74 Å². The summed E-state index contributed by atoms with van der Waals surface area (Å²) in [5.74, 6) is -0.717. The van der Waals surface area contributed by atoms with Crippen molar-refractivity contribution in [3.63, 3.8) is 0 Å². The van der Waals surface area contributed by atoms with Gasteiger partial charge in [-0.15, -0.1) is 0 Å². The first-order chi connectivity index (χ1) is 15.3. The lowest BCUT2D eigenvalue weighted by Crippen LogP contribution is -2.60. The number of alkyl halides is 6. The van der Waals surface area contributed by atoms with E-state index in [0.29, 0.717) is 17.7 Å². The molecule has 4 nitrogen and oxygen atoms in total. The Morgan fingerprint density at radius 2 is 1.52 bits per heavy atom. The molecule has 33 heavy (non-hydrogen) atoms. The van der Waals surface area contributed by atoms with Crippen molar-refractivity contribution in [3.8, 4) is 0 Å². The van der Waals surface area contributed by atoms with Gasteiger partial charge in [-0.3, -0.25) is 10.1 Å². The Balaban J connectivity index is 1.81. The third-order valence-corrected chi connectivity index (χ3v) is 5.46. The molecule has 1 fully saturated rings. The molecule has 0 spiro atoms. The van der Waals surface area contributed by atoms with Gasteiger partial charge in [0.1, 0.15) is 5.82 Å². The number of ether oxygens (including phenoxy) is 1. The third kappa shape index (κ3) is 5.83. The summed E-state index contributed by atoms with van der Waals surface area (Å²) < 4.78 is 97.2. The van der Waals surface area contributed by atoms with Crippen molar-refractivity contribution in [3.05, 3.63) is 70.5 Å². The van der Waals surface area contributed by atoms with Crippen LogP contribution in [-0.2, 0) is 28.5 Å². The van der Waals surface area contributed by atoms with E-state index in [0.717, 1.165) is 0 Å². The summed E-state index contributed by atoms with van der Waals surface area (Å²) in [6, 6.07) is 5.12. The van der Waals surface area contributed by atoms with Crippen LogP contribution in [0.15, 0.2) is 42.5 Å². The molecule has 0 saturated carbocycles. The van der Waals surface area contributed by atoms with Crippen molar-refractivity contribution in [1.29, 1.82) is 0 Å². The number of nitrogens with one attached hydrogen (secondary N) is 1. The summed E-state index contributed by atoms with van der Waals surface area (Å²) in [6.07, 6.45) is -9.92. The fraction of sp³-hybridized carbons (Fsp3) is 0.409. The average Bonchev–Trinajstić information content (AvgIpc) is 2.72. The maximum Gasteiger partial charge on any atom is 0.416 e. The minimum absolute atomic E-state index is 0.0486. The zero-order valence-electron chi connectivity index (χ0n) is 17.6. The van der Waals surface area contributed by atoms with Gasteiger partial charge in [0.2, 0.25) is 5.91 Å². The van der Waals surface area contributed by atoms with Crippen LogP contribution < -0.4 is 5.32 Å². The second-order valence-corrected chi connectivity index (χ2v) is 7.86. The van der Waals surface area contributed by atoms with E-state index in [9.17, 15) is 35.5 Å². The molecular weight excluding hydrogens is 457 g/mol. The van der Waals surface area contributed by atoms with Crippen LogP contribution in [0.1, 0.15) is 35.2 Å². The Hall–Kier alpha value is -2.66. The molecule has 0 aromatic heterocycles. The smallest absolute Gasteiger partial charge is 0.375 e. The normalized spacial score (nSPS) is 22.0. The molecule has 1 aliphatic heterocycles. The van der Waals surface area contributed by atoms with Crippen molar-refractivity contribution in [1.82, 2.24) is 10.2 Å². The maximum absolute atomic E-state index is 13.3. The molecule has 2 aromatic rings. The molecule has 0 bridgehead atoms. The van der Waals surface area contributed by atoms with E-state index in [1.165, 1.54) is 36.2 Å². The van der Waals surface area contributed by atoms with Gasteiger partial charge in [-0.1, -0.05) is 12.1 Å². The van der Waals surface area contributed by atoms with E-state index >= 15 is 0 Å². The quantitative estimate of drug-likeness (QED) is 0.620. The Bertz CT molecular complexity index is 957.